The van der Waals surface area contributed by atoms with E-state index in [-0.39, 0.29) is 16.1 Å². The maximum atomic E-state index is 13.1. The van der Waals surface area contributed by atoms with Crippen LogP contribution in [0.3, 0.4) is 0 Å². The van der Waals surface area contributed by atoms with Gasteiger partial charge >= 0.3 is 0 Å². The van der Waals surface area contributed by atoms with E-state index in [1.165, 1.54) is 23.3 Å². The lowest BCUT2D eigenvalue weighted by atomic mass is 9.99. The van der Waals surface area contributed by atoms with E-state index in [0.29, 0.717) is 17.3 Å². The van der Waals surface area contributed by atoms with E-state index in [2.05, 4.69) is 38.3 Å². The zero-order valence-electron chi connectivity index (χ0n) is 27.4. The molecule has 0 bridgehead atoms. The molecule has 0 atom stereocenters. The quantitative estimate of drug-likeness (QED) is 0.0564. The number of halogens is 1. The molecule has 0 spiro atoms. The van der Waals surface area contributed by atoms with Crippen molar-refractivity contribution in [2.75, 3.05) is 48.7 Å². The Hall–Kier alpha value is -4.95. The first-order chi connectivity index (χ1) is 24.7. The van der Waals surface area contributed by atoms with Crippen LogP contribution >= 0.6 is 23.4 Å². The van der Waals surface area contributed by atoms with Gasteiger partial charge in [0.15, 0.2) is 0 Å². The Balaban J connectivity index is 1.03. The second kappa shape index (κ2) is 16.4. The molecule has 6 rings (SSSR count). The first-order valence-electron chi connectivity index (χ1n) is 16.2. The van der Waals surface area contributed by atoms with E-state index in [1.807, 2.05) is 47.2 Å². The lowest BCUT2D eigenvalue weighted by Gasteiger charge is -2.36. The predicted molar refractivity (Wildman–Crippen MR) is 202 cm³/mol. The number of nitrogens with zero attached hydrogens (tertiary/aromatic N) is 4. The van der Waals surface area contributed by atoms with Crippen molar-refractivity contribution in [3.8, 4) is 11.1 Å². The van der Waals surface area contributed by atoms with E-state index in [4.69, 9.17) is 11.6 Å². The number of amides is 1. The number of benzene rings is 4. The number of pyridine rings is 1. The van der Waals surface area contributed by atoms with Crippen LogP contribution in [0.15, 0.2) is 125 Å². The zero-order valence-corrected chi connectivity index (χ0v) is 29.8. The molecule has 2 N–H and O–H groups in total. The number of hydrogen-bond acceptors (Lipinski definition) is 10. The molecule has 1 fully saturated rings. The minimum atomic E-state index is -4.39. The lowest BCUT2D eigenvalue weighted by Crippen LogP contribution is -2.46. The van der Waals surface area contributed by atoms with Crippen molar-refractivity contribution in [3.63, 3.8) is 0 Å². The summed E-state index contributed by atoms with van der Waals surface area (Å²) in [7, 11) is -4.39. The van der Waals surface area contributed by atoms with Gasteiger partial charge in [-0.3, -0.25) is 24.8 Å². The summed E-state index contributed by atoms with van der Waals surface area (Å²) in [6.07, 6.45) is 3.37. The number of aromatic nitrogens is 1. The zero-order chi connectivity index (χ0) is 35.8. The maximum absolute atomic E-state index is 13.1. The van der Waals surface area contributed by atoms with Crippen molar-refractivity contribution >= 4 is 56.4 Å². The monoisotopic (exact) mass is 742 g/mol. The molecule has 0 saturated carbocycles. The molecule has 0 unspecified atom stereocenters. The average Bonchev–Trinajstić information content (AvgIpc) is 3.14. The van der Waals surface area contributed by atoms with Crippen LogP contribution in [0.1, 0.15) is 15.9 Å². The fraction of sp³-hybridized carbons (Fsp3) is 0.189. The number of thioether (sulfide) groups is 1. The third kappa shape index (κ3) is 9.24. The highest BCUT2D eigenvalue weighted by atomic mass is 35.5. The Kier molecular flexibility index (Phi) is 11.5. The Morgan fingerprint density at radius 2 is 1.61 bits per heavy atom. The summed E-state index contributed by atoms with van der Waals surface area (Å²) in [5.41, 5.74) is 4.40. The normalized spacial score (nSPS) is 13.5. The van der Waals surface area contributed by atoms with Crippen molar-refractivity contribution in [1.82, 2.24) is 14.6 Å². The van der Waals surface area contributed by atoms with Crippen LogP contribution in [0.4, 0.5) is 17.1 Å². The molecule has 1 aromatic heterocycles. The highest BCUT2D eigenvalue weighted by molar-refractivity contribution is 7.99. The van der Waals surface area contributed by atoms with E-state index >= 15 is 0 Å². The minimum Gasteiger partial charge on any atom is -0.379 e. The number of anilines is 2. The molecule has 2 heterocycles. The predicted octanol–water partition coefficient (Wildman–Crippen LogP) is 6.96. The number of carbonyl (C=O) groups is 1. The summed E-state index contributed by atoms with van der Waals surface area (Å²) in [5, 5.41) is 15.5. The van der Waals surface area contributed by atoms with Crippen LogP contribution in [0.2, 0.25) is 5.02 Å². The van der Waals surface area contributed by atoms with Crippen molar-refractivity contribution in [3.05, 3.63) is 142 Å². The molecule has 51 heavy (non-hydrogen) atoms. The van der Waals surface area contributed by atoms with Gasteiger partial charge in [-0.15, -0.1) is 11.8 Å². The Labute approximate surface area is 305 Å². The van der Waals surface area contributed by atoms with Gasteiger partial charge in [-0.2, -0.15) is 0 Å². The van der Waals surface area contributed by atoms with Crippen molar-refractivity contribution in [2.45, 2.75) is 16.3 Å². The first-order valence-corrected chi connectivity index (χ1v) is 19.0. The largest absolute Gasteiger partial charge is 0.379 e. The van der Waals surface area contributed by atoms with Gasteiger partial charge < -0.3 is 10.2 Å². The molecule has 0 aliphatic carbocycles. The molecule has 0 radical (unpaired) electrons. The van der Waals surface area contributed by atoms with Gasteiger partial charge in [-0.1, -0.05) is 48.0 Å². The molecule has 1 aliphatic rings. The number of nitrogens with one attached hydrogen (secondary N) is 2. The number of rotatable bonds is 13. The summed E-state index contributed by atoms with van der Waals surface area (Å²) >= 11 is 7.65. The second-order valence-corrected chi connectivity index (χ2v) is 15.1. The van der Waals surface area contributed by atoms with E-state index < -0.39 is 26.5 Å². The summed E-state index contributed by atoms with van der Waals surface area (Å²) in [5.74, 6) is -0.212. The highest BCUT2D eigenvalue weighted by Crippen LogP contribution is 2.29. The molecule has 262 valence electrons. The number of sulfonamides is 1. The van der Waals surface area contributed by atoms with Crippen LogP contribution in [0, 0.1) is 10.1 Å². The number of hydrogen-bond donors (Lipinski definition) is 2. The molecular weight excluding hydrogens is 708 g/mol. The molecule has 1 aliphatic heterocycles. The highest BCUT2D eigenvalue weighted by Gasteiger charge is 2.24. The topological polar surface area (TPSA) is 138 Å². The smallest absolute Gasteiger partial charge is 0.293 e. The van der Waals surface area contributed by atoms with Crippen LogP contribution in [-0.2, 0) is 16.6 Å². The van der Waals surface area contributed by atoms with E-state index in [0.717, 1.165) is 54.9 Å². The van der Waals surface area contributed by atoms with Crippen molar-refractivity contribution in [1.29, 1.82) is 0 Å². The Morgan fingerprint density at radius 1 is 0.902 bits per heavy atom. The number of nitro benzene ring substituents is 1. The molecule has 4 aromatic carbocycles. The number of piperazine rings is 1. The molecular formula is C37H35ClN6O5S2. The van der Waals surface area contributed by atoms with Gasteiger partial charge in [0, 0.05) is 84.7 Å². The molecule has 11 nitrogen and oxygen atoms in total. The Bertz CT molecular complexity index is 2100. The standard InChI is InChI=1S/C37H35ClN6O5S2/c38-30-9-5-27(6-10-30)34-4-2-1-3-29(34)26-42-20-22-43(23-21-42)31-11-7-28(8-12-31)37(45)41-51(48,49)33-13-14-35(36(25-33)44(46)47)40-19-24-50-32-15-17-39-18-16-32/h1-18,25,40H,19-24,26H2,(H,41,45). The third-order valence-electron chi connectivity index (χ3n) is 8.47. The van der Waals surface area contributed by atoms with Crippen molar-refractivity contribution in [2.24, 2.45) is 0 Å². The summed E-state index contributed by atoms with van der Waals surface area (Å²) in [6.45, 7) is 4.49. The third-order valence-corrected chi connectivity index (χ3v) is 11.1. The van der Waals surface area contributed by atoms with Gasteiger partial charge in [0.25, 0.3) is 21.6 Å². The molecule has 5 aromatic rings. The van der Waals surface area contributed by atoms with Crippen LogP contribution in [-0.4, -0.2) is 67.6 Å². The summed E-state index contributed by atoms with van der Waals surface area (Å²) in [6, 6.07) is 30.3. The minimum absolute atomic E-state index is 0.152. The van der Waals surface area contributed by atoms with E-state index in [1.54, 1.807) is 48.4 Å². The fourth-order valence-electron chi connectivity index (χ4n) is 5.81. The van der Waals surface area contributed by atoms with E-state index in [9.17, 15) is 23.3 Å². The lowest BCUT2D eigenvalue weighted by molar-refractivity contribution is -0.384. The van der Waals surface area contributed by atoms with Gasteiger partial charge in [0.2, 0.25) is 0 Å². The van der Waals surface area contributed by atoms with Crippen LogP contribution in [0.25, 0.3) is 11.1 Å². The summed E-state index contributed by atoms with van der Waals surface area (Å²) in [4.78, 5) is 33.4. The number of nitro groups is 1. The van der Waals surface area contributed by atoms with Crippen molar-refractivity contribution < 1.29 is 18.1 Å². The van der Waals surface area contributed by atoms with Crippen LogP contribution < -0.4 is 14.9 Å². The molecule has 1 saturated heterocycles. The molecule has 14 heteroatoms. The number of carbonyl (C=O) groups excluding carboxylic acids is 1. The Morgan fingerprint density at radius 3 is 2.31 bits per heavy atom. The van der Waals surface area contributed by atoms with Gasteiger partial charge in [-0.05, 0) is 77.4 Å². The maximum Gasteiger partial charge on any atom is 0.293 e. The SMILES string of the molecule is O=C(NS(=O)(=O)c1ccc(NCCSc2ccncc2)c([N+](=O)[O-])c1)c1ccc(N2CCN(Cc3ccccc3-c3ccc(Cl)cc3)CC2)cc1. The van der Waals surface area contributed by atoms with Gasteiger partial charge in [0.1, 0.15) is 5.69 Å². The second-order valence-electron chi connectivity index (χ2n) is 11.8. The van der Waals surface area contributed by atoms with Gasteiger partial charge in [-0.25, -0.2) is 13.1 Å². The average molecular weight is 743 g/mol. The first kappa shape index (κ1) is 35.9. The summed E-state index contributed by atoms with van der Waals surface area (Å²) < 4.78 is 28.3. The fourth-order valence-corrected chi connectivity index (χ4v) is 7.68. The van der Waals surface area contributed by atoms with Crippen LogP contribution in [0.5, 0.6) is 0 Å². The molecule has 1 amide bonds. The van der Waals surface area contributed by atoms with Gasteiger partial charge in [0.05, 0.1) is 9.82 Å².